The lowest BCUT2D eigenvalue weighted by Gasteiger charge is -2.09. The molecule has 138 valence electrons. The average Bonchev–Trinajstić information content (AvgIpc) is 3.19. The highest BCUT2D eigenvalue weighted by molar-refractivity contribution is 7.10. The Hall–Kier alpha value is -2.83. The van der Waals surface area contributed by atoms with Gasteiger partial charge in [0.05, 0.1) is 6.42 Å². The summed E-state index contributed by atoms with van der Waals surface area (Å²) in [6, 6.07) is 17.8. The second-order valence-electron chi connectivity index (χ2n) is 5.70. The molecule has 0 saturated carbocycles. The van der Waals surface area contributed by atoms with Crippen molar-refractivity contribution in [2.45, 2.75) is 13.0 Å². The van der Waals surface area contributed by atoms with Crippen LogP contribution >= 0.6 is 22.9 Å². The van der Waals surface area contributed by atoms with E-state index in [2.05, 4.69) is 10.9 Å². The highest BCUT2D eigenvalue weighted by Crippen LogP contribution is 2.17. The van der Waals surface area contributed by atoms with Crippen LogP contribution < -0.4 is 15.6 Å². The highest BCUT2D eigenvalue weighted by atomic mass is 35.5. The molecule has 0 radical (unpaired) electrons. The first-order chi connectivity index (χ1) is 13.1. The quantitative estimate of drug-likeness (QED) is 0.615. The van der Waals surface area contributed by atoms with Crippen molar-refractivity contribution in [2.24, 2.45) is 0 Å². The van der Waals surface area contributed by atoms with Crippen molar-refractivity contribution in [1.29, 1.82) is 0 Å². The van der Waals surface area contributed by atoms with Crippen LogP contribution in [0.4, 0.5) is 0 Å². The summed E-state index contributed by atoms with van der Waals surface area (Å²) in [5, 5.41) is 2.56. The minimum atomic E-state index is -0.375. The molecule has 2 N–H and O–H groups in total. The van der Waals surface area contributed by atoms with Gasteiger partial charge in [0, 0.05) is 15.5 Å². The Labute approximate surface area is 165 Å². The van der Waals surface area contributed by atoms with Crippen LogP contribution in [0.5, 0.6) is 5.75 Å². The first-order valence-corrected chi connectivity index (χ1v) is 9.45. The fraction of sp³-hybridized carbons (Fsp3) is 0.100. The second-order valence-corrected chi connectivity index (χ2v) is 7.17. The van der Waals surface area contributed by atoms with Crippen LogP contribution in [0.3, 0.4) is 0 Å². The Bertz CT molecular complexity index is 894. The Kier molecular flexibility index (Phi) is 6.46. The van der Waals surface area contributed by atoms with Gasteiger partial charge in [-0.3, -0.25) is 20.4 Å². The Balaban J connectivity index is 1.46. The fourth-order valence-electron chi connectivity index (χ4n) is 2.26. The van der Waals surface area contributed by atoms with Gasteiger partial charge in [0.25, 0.3) is 5.91 Å². The monoisotopic (exact) mass is 400 g/mol. The van der Waals surface area contributed by atoms with E-state index in [1.54, 1.807) is 48.5 Å². The Morgan fingerprint density at radius 1 is 0.963 bits per heavy atom. The Morgan fingerprint density at radius 3 is 2.37 bits per heavy atom. The van der Waals surface area contributed by atoms with E-state index >= 15 is 0 Å². The van der Waals surface area contributed by atoms with E-state index in [-0.39, 0.29) is 18.2 Å². The summed E-state index contributed by atoms with van der Waals surface area (Å²) in [4.78, 5) is 24.8. The summed E-state index contributed by atoms with van der Waals surface area (Å²) in [6.07, 6.45) is 0.235. The largest absolute Gasteiger partial charge is 0.489 e. The molecule has 0 bridgehead atoms. The molecule has 0 fully saturated rings. The molecule has 0 spiro atoms. The van der Waals surface area contributed by atoms with E-state index in [1.165, 1.54) is 11.3 Å². The first kappa shape index (κ1) is 18.9. The number of amides is 2. The lowest BCUT2D eigenvalue weighted by molar-refractivity contribution is -0.121. The zero-order chi connectivity index (χ0) is 19.1. The molecule has 3 aromatic rings. The maximum Gasteiger partial charge on any atom is 0.269 e. The molecule has 0 aliphatic carbocycles. The number of rotatable bonds is 6. The molecule has 27 heavy (non-hydrogen) atoms. The third-order valence-electron chi connectivity index (χ3n) is 3.67. The van der Waals surface area contributed by atoms with Crippen LogP contribution in [0, 0.1) is 0 Å². The van der Waals surface area contributed by atoms with E-state index in [0.29, 0.717) is 17.2 Å². The second kappa shape index (κ2) is 9.21. The molecule has 0 unspecified atom stereocenters. The number of hydrogen-bond acceptors (Lipinski definition) is 4. The molecule has 3 rings (SSSR count). The number of benzene rings is 2. The lowest BCUT2D eigenvalue weighted by atomic mass is 10.1. The number of carbonyl (C=O) groups excluding carboxylic acids is 2. The zero-order valence-corrected chi connectivity index (χ0v) is 15.8. The van der Waals surface area contributed by atoms with Crippen molar-refractivity contribution in [3.63, 3.8) is 0 Å². The van der Waals surface area contributed by atoms with Gasteiger partial charge in [-0.05, 0) is 53.4 Å². The van der Waals surface area contributed by atoms with Crippen LogP contribution in [0.15, 0.2) is 66.0 Å². The minimum Gasteiger partial charge on any atom is -0.489 e. The van der Waals surface area contributed by atoms with E-state index in [0.717, 1.165) is 16.2 Å². The van der Waals surface area contributed by atoms with Crippen LogP contribution in [-0.4, -0.2) is 11.8 Å². The average molecular weight is 401 g/mol. The van der Waals surface area contributed by atoms with E-state index in [1.807, 2.05) is 17.5 Å². The summed E-state index contributed by atoms with van der Waals surface area (Å²) >= 11 is 7.33. The third-order valence-corrected chi connectivity index (χ3v) is 4.79. The molecule has 1 heterocycles. The highest BCUT2D eigenvalue weighted by Gasteiger charge is 2.08. The van der Waals surface area contributed by atoms with E-state index in [9.17, 15) is 9.59 Å². The number of ether oxygens (including phenoxy) is 1. The van der Waals surface area contributed by atoms with Gasteiger partial charge in [0.15, 0.2) is 0 Å². The molecule has 0 atom stereocenters. The molecular formula is C20H17ClN2O3S. The van der Waals surface area contributed by atoms with Gasteiger partial charge >= 0.3 is 0 Å². The van der Waals surface area contributed by atoms with Crippen molar-refractivity contribution in [3.05, 3.63) is 87.1 Å². The number of carbonyl (C=O) groups is 2. The molecule has 1 aromatic heterocycles. The number of hydrogen-bond donors (Lipinski definition) is 2. The van der Waals surface area contributed by atoms with Crippen LogP contribution in [0.1, 0.15) is 20.8 Å². The maximum atomic E-state index is 12.1. The standard InChI is InChI=1S/C20H17ClN2O3S/c21-16-7-9-17(10-8-16)26-13-14-3-5-15(6-4-14)20(25)23-22-19(24)12-18-2-1-11-27-18/h1-11H,12-13H2,(H,22,24)(H,23,25). The van der Waals surface area contributed by atoms with Crippen molar-refractivity contribution in [2.75, 3.05) is 0 Å². The van der Waals surface area contributed by atoms with Gasteiger partial charge in [-0.15, -0.1) is 11.3 Å². The molecule has 0 aliphatic heterocycles. The maximum absolute atomic E-state index is 12.1. The third kappa shape index (κ3) is 5.84. The van der Waals surface area contributed by atoms with Crippen molar-refractivity contribution < 1.29 is 14.3 Å². The van der Waals surface area contributed by atoms with Gasteiger partial charge in [0.1, 0.15) is 12.4 Å². The summed E-state index contributed by atoms with van der Waals surface area (Å²) < 4.78 is 5.66. The summed E-state index contributed by atoms with van der Waals surface area (Å²) in [5.74, 6) is 0.0770. The zero-order valence-electron chi connectivity index (χ0n) is 14.3. The van der Waals surface area contributed by atoms with Crippen molar-refractivity contribution in [1.82, 2.24) is 10.9 Å². The fourth-order valence-corrected chi connectivity index (χ4v) is 3.09. The van der Waals surface area contributed by atoms with Gasteiger partial charge in [-0.2, -0.15) is 0 Å². The summed E-state index contributed by atoms with van der Waals surface area (Å²) in [7, 11) is 0. The molecule has 2 amide bonds. The normalized spacial score (nSPS) is 10.3. The molecule has 0 saturated heterocycles. The van der Waals surface area contributed by atoms with E-state index < -0.39 is 0 Å². The van der Waals surface area contributed by atoms with Gasteiger partial charge in [-0.1, -0.05) is 29.8 Å². The van der Waals surface area contributed by atoms with Crippen LogP contribution in [0.2, 0.25) is 5.02 Å². The number of halogens is 1. The minimum absolute atomic E-state index is 0.235. The molecule has 2 aromatic carbocycles. The molecule has 0 aliphatic rings. The molecule has 5 nitrogen and oxygen atoms in total. The number of nitrogens with one attached hydrogen (secondary N) is 2. The SMILES string of the molecule is O=C(Cc1cccs1)NNC(=O)c1ccc(COc2ccc(Cl)cc2)cc1. The summed E-state index contributed by atoms with van der Waals surface area (Å²) in [6.45, 7) is 0.376. The first-order valence-electron chi connectivity index (χ1n) is 8.19. The topological polar surface area (TPSA) is 67.4 Å². The summed E-state index contributed by atoms with van der Waals surface area (Å²) in [5.41, 5.74) is 6.20. The number of thiophene rings is 1. The number of hydrazine groups is 1. The smallest absolute Gasteiger partial charge is 0.269 e. The Morgan fingerprint density at radius 2 is 1.70 bits per heavy atom. The predicted octanol–water partition coefficient (Wildman–Crippen LogP) is 3.98. The molecular weight excluding hydrogens is 384 g/mol. The van der Waals surface area contributed by atoms with E-state index in [4.69, 9.17) is 16.3 Å². The van der Waals surface area contributed by atoms with Gasteiger partial charge in [-0.25, -0.2) is 0 Å². The van der Waals surface area contributed by atoms with Gasteiger partial charge in [0.2, 0.25) is 5.91 Å². The van der Waals surface area contributed by atoms with Crippen molar-refractivity contribution >= 4 is 34.8 Å². The lowest BCUT2D eigenvalue weighted by Crippen LogP contribution is -2.42. The molecule has 7 heteroatoms. The van der Waals surface area contributed by atoms with Gasteiger partial charge < -0.3 is 4.74 Å². The van der Waals surface area contributed by atoms with Crippen molar-refractivity contribution in [3.8, 4) is 5.75 Å². The van der Waals surface area contributed by atoms with Crippen LogP contribution in [0.25, 0.3) is 0 Å². The predicted molar refractivity (Wildman–Crippen MR) is 106 cm³/mol. The van der Waals surface area contributed by atoms with Crippen LogP contribution in [-0.2, 0) is 17.8 Å².